The van der Waals surface area contributed by atoms with E-state index >= 15 is 0 Å². The summed E-state index contributed by atoms with van der Waals surface area (Å²) in [6.45, 7) is 0. The number of nitrogens with zero attached hydrogens (tertiary/aromatic N) is 5. The highest BCUT2D eigenvalue weighted by atomic mass is 15.0. The summed E-state index contributed by atoms with van der Waals surface area (Å²) < 4.78 is 7.39. The van der Waals surface area contributed by atoms with Gasteiger partial charge in [0.15, 0.2) is 5.82 Å². The summed E-state index contributed by atoms with van der Waals surface area (Å²) in [6.07, 6.45) is 0. The fourth-order valence-corrected chi connectivity index (χ4v) is 11.0. The number of aromatic nitrogens is 5. The second-order valence-corrected chi connectivity index (χ2v) is 17.7. The van der Waals surface area contributed by atoms with Gasteiger partial charge < -0.3 is 13.7 Å². The molecule has 0 aliphatic heterocycles. The maximum absolute atomic E-state index is 5.50. The van der Waals surface area contributed by atoms with Gasteiger partial charge in [-0.05, 0) is 60.7 Å². The lowest BCUT2D eigenvalue weighted by atomic mass is 9.93. The number of hydrogen-bond donors (Lipinski definition) is 0. The molecule has 0 radical (unpaired) electrons. The molecule has 4 heterocycles. The minimum Gasteiger partial charge on any atom is -0.309 e. The lowest BCUT2D eigenvalue weighted by Crippen LogP contribution is -2.04. The molecule has 0 bridgehead atoms. The molecule has 10 aromatic carbocycles. The van der Waals surface area contributed by atoms with Crippen LogP contribution in [0, 0.1) is 0 Å². The van der Waals surface area contributed by atoms with Crippen LogP contribution in [0.3, 0.4) is 0 Å². The highest BCUT2D eigenvalue weighted by Crippen LogP contribution is 2.47. The van der Waals surface area contributed by atoms with E-state index in [1.165, 1.54) is 43.4 Å². The molecule has 0 aliphatic carbocycles. The van der Waals surface area contributed by atoms with Gasteiger partial charge in [-0.25, -0.2) is 9.97 Å². The number of fused-ring (bicyclic) bond motifs is 10. The van der Waals surface area contributed by atoms with Crippen molar-refractivity contribution in [2.45, 2.75) is 0 Å². The van der Waals surface area contributed by atoms with E-state index in [4.69, 9.17) is 9.97 Å². The number of para-hydroxylation sites is 6. The summed E-state index contributed by atoms with van der Waals surface area (Å²) >= 11 is 0. The van der Waals surface area contributed by atoms with Gasteiger partial charge in [0.05, 0.1) is 55.9 Å². The Morgan fingerprint density at radius 2 is 0.768 bits per heavy atom. The Labute approximate surface area is 398 Å². The summed E-state index contributed by atoms with van der Waals surface area (Å²) in [4.78, 5) is 10.7. The Hall–Kier alpha value is -9.32. The van der Waals surface area contributed by atoms with Crippen LogP contribution in [0.25, 0.3) is 128 Å². The lowest BCUT2D eigenvalue weighted by Gasteiger charge is -2.22. The monoisotopic (exact) mass is 879 g/mol. The van der Waals surface area contributed by atoms with Crippen LogP contribution in [0.15, 0.2) is 249 Å². The molecule has 0 aliphatic rings. The predicted octanol–water partition coefficient (Wildman–Crippen LogP) is 16.4. The topological polar surface area (TPSA) is 40.6 Å². The molecule has 0 fully saturated rings. The quantitative estimate of drug-likeness (QED) is 0.160. The first-order valence-corrected chi connectivity index (χ1v) is 23.5. The van der Waals surface area contributed by atoms with Crippen molar-refractivity contribution in [3.8, 4) is 62.1 Å². The zero-order valence-corrected chi connectivity index (χ0v) is 37.4. The molecule has 0 saturated heterocycles. The van der Waals surface area contributed by atoms with Crippen LogP contribution >= 0.6 is 0 Å². The summed E-state index contributed by atoms with van der Waals surface area (Å²) in [7, 11) is 0. The molecule has 0 atom stereocenters. The maximum atomic E-state index is 5.50. The van der Waals surface area contributed by atoms with E-state index in [0.29, 0.717) is 5.82 Å². The highest BCUT2D eigenvalue weighted by Gasteiger charge is 2.26. The fraction of sp³-hybridized carbons (Fsp3) is 0. The highest BCUT2D eigenvalue weighted by molar-refractivity contribution is 6.26. The average Bonchev–Trinajstić information content (AvgIpc) is 4.07. The van der Waals surface area contributed by atoms with Crippen molar-refractivity contribution in [2.75, 3.05) is 0 Å². The zero-order chi connectivity index (χ0) is 45.4. The van der Waals surface area contributed by atoms with Crippen molar-refractivity contribution in [2.24, 2.45) is 0 Å². The van der Waals surface area contributed by atoms with Crippen LogP contribution in [0.2, 0.25) is 0 Å². The molecule has 14 rings (SSSR count). The first kappa shape index (κ1) is 38.9. The normalized spacial score (nSPS) is 11.8. The molecule has 5 nitrogen and oxygen atoms in total. The Morgan fingerprint density at radius 3 is 1.45 bits per heavy atom. The average molecular weight is 880 g/mol. The number of hydrogen-bond acceptors (Lipinski definition) is 2. The van der Waals surface area contributed by atoms with Gasteiger partial charge in [-0.2, -0.15) is 0 Å². The third-order valence-corrected chi connectivity index (χ3v) is 13.9. The van der Waals surface area contributed by atoms with Crippen LogP contribution in [-0.4, -0.2) is 23.7 Å². The third-order valence-electron chi connectivity index (χ3n) is 13.9. The summed E-state index contributed by atoms with van der Waals surface area (Å²) in [6, 6.07) is 89.2. The van der Waals surface area contributed by atoms with Crippen LogP contribution in [0.5, 0.6) is 0 Å². The summed E-state index contributed by atoms with van der Waals surface area (Å²) in [5.41, 5.74) is 17.0. The van der Waals surface area contributed by atoms with Crippen LogP contribution in [0.1, 0.15) is 0 Å². The number of benzene rings is 10. The lowest BCUT2D eigenvalue weighted by molar-refractivity contribution is 1.15. The molecule has 0 amide bonds. The SMILES string of the molecule is c1ccc(-c2cc(-c3cccc(-n4c5ccccc5c5c4ccc4c6ccccc6n(-c6ccccc6)c45)c3-c3ccccc3-n3c4ccccc4c4ccccc43)nc(-c3ccccc3)n2)cc1. The largest absolute Gasteiger partial charge is 0.309 e. The predicted molar refractivity (Wildman–Crippen MR) is 287 cm³/mol. The molecule has 0 saturated carbocycles. The van der Waals surface area contributed by atoms with Gasteiger partial charge in [0.1, 0.15) is 0 Å². The van der Waals surface area contributed by atoms with Crippen LogP contribution in [-0.2, 0) is 0 Å². The Kier molecular flexibility index (Phi) is 8.83. The Balaban J connectivity index is 1.14. The van der Waals surface area contributed by atoms with Gasteiger partial charge in [-0.15, -0.1) is 0 Å². The molecule has 14 aromatic rings. The van der Waals surface area contributed by atoms with Crippen molar-refractivity contribution >= 4 is 65.4 Å². The molecule has 0 N–H and O–H groups in total. The van der Waals surface area contributed by atoms with Crippen molar-refractivity contribution in [3.05, 3.63) is 249 Å². The van der Waals surface area contributed by atoms with E-state index in [2.05, 4.69) is 256 Å². The van der Waals surface area contributed by atoms with Gasteiger partial charge >= 0.3 is 0 Å². The number of rotatable bonds is 7. The minimum absolute atomic E-state index is 0.673. The smallest absolute Gasteiger partial charge is 0.160 e. The first-order chi connectivity index (χ1) is 34.3. The van der Waals surface area contributed by atoms with E-state index in [1.807, 2.05) is 6.07 Å². The minimum atomic E-state index is 0.673. The summed E-state index contributed by atoms with van der Waals surface area (Å²) in [5.74, 6) is 0.673. The van der Waals surface area contributed by atoms with Gasteiger partial charge in [0.25, 0.3) is 0 Å². The second kappa shape index (κ2) is 15.7. The van der Waals surface area contributed by atoms with E-state index in [1.54, 1.807) is 0 Å². The molecule has 4 aromatic heterocycles. The van der Waals surface area contributed by atoms with Crippen molar-refractivity contribution in [3.63, 3.8) is 0 Å². The van der Waals surface area contributed by atoms with E-state index < -0.39 is 0 Å². The van der Waals surface area contributed by atoms with E-state index in [9.17, 15) is 0 Å². The molecule has 69 heavy (non-hydrogen) atoms. The van der Waals surface area contributed by atoms with Crippen LogP contribution in [0.4, 0.5) is 0 Å². The third kappa shape index (κ3) is 6.04. The molecule has 322 valence electrons. The van der Waals surface area contributed by atoms with E-state index in [0.717, 1.165) is 78.3 Å². The maximum Gasteiger partial charge on any atom is 0.160 e. The fourth-order valence-electron chi connectivity index (χ4n) is 11.0. The summed E-state index contributed by atoms with van der Waals surface area (Å²) in [5, 5.41) is 7.27. The van der Waals surface area contributed by atoms with Gasteiger partial charge in [-0.1, -0.05) is 188 Å². The molecular weight excluding hydrogens is 839 g/mol. The van der Waals surface area contributed by atoms with Crippen molar-refractivity contribution in [1.29, 1.82) is 0 Å². The Morgan fingerprint density at radius 1 is 0.290 bits per heavy atom. The molecule has 0 spiro atoms. The Bertz CT molecular complexity index is 4180. The second-order valence-electron chi connectivity index (χ2n) is 17.7. The van der Waals surface area contributed by atoms with Gasteiger partial charge in [-0.3, -0.25) is 0 Å². The van der Waals surface area contributed by atoms with Gasteiger partial charge in [0.2, 0.25) is 0 Å². The van der Waals surface area contributed by atoms with Crippen molar-refractivity contribution < 1.29 is 0 Å². The molecule has 5 heteroatoms. The van der Waals surface area contributed by atoms with E-state index in [-0.39, 0.29) is 0 Å². The molecule has 0 unspecified atom stereocenters. The van der Waals surface area contributed by atoms with Gasteiger partial charge in [0, 0.05) is 65.8 Å². The standard InChI is InChI=1S/C64H41N5/c1-4-21-42(22-5-1)52-41-53(66-64(65-52)43-23-6-2-7-24-43)49-32-20-38-59(61(49)50-30-13-18-36-57(50)68-55-34-16-10-27-45(55)46-28-11-17-35-56(46)68)69-58-37-19-14-31-51(58)62-60(69)40-39-48-47-29-12-15-33-54(47)67(63(48)62)44-25-8-3-9-26-44/h1-41H. The first-order valence-electron chi connectivity index (χ1n) is 23.5. The molecular formula is C64H41N5. The van der Waals surface area contributed by atoms with Crippen molar-refractivity contribution in [1.82, 2.24) is 23.7 Å². The van der Waals surface area contributed by atoms with Crippen LogP contribution < -0.4 is 0 Å². The zero-order valence-electron chi connectivity index (χ0n) is 37.4.